The van der Waals surface area contributed by atoms with Crippen molar-refractivity contribution < 1.29 is 9.90 Å². The van der Waals surface area contributed by atoms with Gasteiger partial charge >= 0.3 is 0 Å². The van der Waals surface area contributed by atoms with E-state index in [9.17, 15) is 9.90 Å². The number of benzene rings is 1. The van der Waals surface area contributed by atoms with Gasteiger partial charge in [-0.15, -0.1) is 0 Å². The molecule has 0 aliphatic carbocycles. The molecule has 1 aromatic rings. The third-order valence-electron chi connectivity index (χ3n) is 2.83. The summed E-state index contributed by atoms with van der Waals surface area (Å²) < 4.78 is 0. The van der Waals surface area contributed by atoms with Crippen LogP contribution < -0.4 is 5.32 Å². The molecule has 1 rings (SSSR count). The summed E-state index contributed by atoms with van der Waals surface area (Å²) in [5.41, 5.74) is 0.686. The van der Waals surface area contributed by atoms with Crippen molar-refractivity contribution in [1.82, 2.24) is 5.32 Å². The Bertz CT molecular complexity index is 490. The number of hydrogen-bond acceptors (Lipinski definition) is 2. The van der Waals surface area contributed by atoms with Crippen LogP contribution in [-0.2, 0) is 11.2 Å². The van der Waals surface area contributed by atoms with Crippen LogP contribution in [0.1, 0.15) is 46.6 Å². The fourth-order valence-corrected chi connectivity index (χ4v) is 2.84. The monoisotopic (exact) mass is 297 g/mol. The molecule has 0 fully saturated rings. The standard InChI is InChI=1S/C16H24ClNO2/c1-15(2,3)10-16(4,5)18-14(20)9-11-6-7-13(19)12(17)8-11/h6-8,19H,9-10H2,1-5H3,(H,18,20). The van der Waals surface area contributed by atoms with Crippen molar-refractivity contribution in [3.63, 3.8) is 0 Å². The lowest BCUT2D eigenvalue weighted by molar-refractivity contribution is -0.122. The number of halogens is 1. The van der Waals surface area contributed by atoms with E-state index < -0.39 is 0 Å². The predicted octanol–water partition coefficient (Wildman–Crippen LogP) is 3.92. The van der Waals surface area contributed by atoms with E-state index in [2.05, 4.69) is 26.1 Å². The van der Waals surface area contributed by atoms with Gasteiger partial charge < -0.3 is 10.4 Å². The molecule has 0 heterocycles. The van der Waals surface area contributed by atoms with Crippen LogP contribution in [0.4, 0.5) is 0 Å². The summed E-state index contributed by atoms with van der Waals surface area (Å²) in [7, 11) is 0. The molecule has 3 nitrogen and oxygen atoms in total. The lowest BCUT2D eigenvalue weighted by Crippen LogP contribution is -2.46. The van der Waals surface area contributed by atoms with Crippen LogP contribution in [0.15, 0.2) is 18.2 Å². The Kier molecular flexibility index (Phi) is 5.09. The van der Waals surface area contributed by atoms with Gasteiger partial charge in [-0.2, -0.15) is 0 Å². The Hall–Kier alpha value is -1.22. The van der Waals surface area contributed by atoms with Gasteiger partial charge in [0.25, 0.3) is 0 Å². The van der Waals surface area contributed by atoms with E-state index in [0.29, 0.717) is 0 Å². The molecule has 2 N–H and O–H groups in total. The van der Waals surface area contributed by atoms with E-state index in [-0.39, 0.29) is 34.1 Å². The molecule has 0 aliphatic rings. The number of nitrogens with one attached hydrogen (secondary N) is 1. The summed E-state index contributed by atoms with van der Waals surface area (Å²) in [6, 6.07) is 4.83. The van der Waals surface area contributed by atoms with Gasteiger partial charge in [0.05, 0.1) is 11.4 Å². The van der Waals surface area contributed by atoms with Crippen LogP contribution in [0, 0.1) is 5.41 Å². The number of phenolic OH excluding ortho intramolecular Hbond substituents is 1. The quantitative estimate of drug-likeness (QED) is 0.885. The van der Waals surface area contributed by atoms with Crippen LogP contribution in [0.5, 0.6) is 5.75 Å². The topological polar surface area (TPSA) is 49.3 Å². The van der Waals surface area contributed by atoms with Crippen molar-refractivity contribution in [1.29, 1.82) is 0 Å². The number of rotatable bonds is 4. The summed E-state index contributed by atoms with van der Waals surface area (Å²) >= 11 is 5.84. The second-order valence-electron chi connectivity index (χ2n) is 7.13. The zero-order valence-corrected chi connectivity index (χ0v) is 13.6. The fraction of sp³-hybridized carbons (Fsp3) is 0.562. The second-order valence-corrected chi connectivity index (χ2v) is 7.54. The van der Waals surface area contributed by atoms with Crippen molar-refractivity contribution in [3.05, 3.63) is 28.8 Å². The first-order valence-electron chi connectivity index (χ1n) is 6.77. The van der Waals surface area contributed by atoms with E-state index in [1.165, 1.54) is 6.07 Å². The van der Waals surface area contributed by atoms with Crippen LogP contribution in [0.3, 0.4) is 0 Å². The molecule has 0 saturated carbocycles. The van der Waals surface area contributed by atoms with Gasteiger partial charge in [-0.1, -0.05) is 38.4 Å². The van der Waals surface area contributed by atoms with Crippen LogP contribution >= 0.6 is 11.6 Å². The summed E-state index contributed by atoms with van der Waals surface area (Å²) in [6.07, 6.45) is 1.15. The zero-order valence-electron chi connectivity index (χ0n) is 12.9. The van der Waals surface area contributed by atoms with E-state index in [0.717, 1.165) is 12.0 Å². The van der Waals surface area contributed by atoms with Gasteiger partial charge in [0.2, 0.25) is 5.91 Å². The number of hydrogen-bond donors (Lipinski definition) is 2. The lowest BCUT2D eigenvalue weighted by atomic mass is 9.81. The van der Waals surface area contributed by atoms with Gasteiger partial charge in [0.1, 0.15) is 5.75 Å². The predicted molar refractivity (Wildman–Crippen MR) is 83.1 cm³/mol. The summed E-state index contributed by atoms with van der Waals surface area (Å²) in [6.45, 7) is 10.5. The van der Waals surface area contributed by atoms with Crippen molar-refractivity contribution in [2.45, 2.75) is 53.0 Å². The Labute approximate surface area is 126 Å². The maximum absolute atomic E-state index is 12.1. The molecule has 112 valence electrons. The Balaban J connectivity index is 2.65. The van der Waals surface area contributed by atoms with Gasteiger partial charge in [0, 0.05) is 5.54 Å². The molecule has 0 bridgehead atoms. The maximum Gasteiger partial charge on any atom is 0.224 e. The van der Waals surface area contributed by atoms with Gasteiger partial charge in [-0.3, -0.25) is 4.79 Å². The molecule has 0 atom stereocenters. The number of phenols is 1. The molecular formula is C16H24ClNO2. The Morgan fingerprint density at radius 3 is 2.35 bits per heavy atom. The average molecular weight is 298 g/mol. The third kappa shape index (κ3) is 5.83. The van der Waals surface area contributed by atoms with Crippen molar-refractivity contribution in [2.75, 3.05) is 0 Å². The number of amides is 1. The number of carbonyl (C=O) groups excluding carboxylic acids is 1. The summed E-state index contributed by atoms with van der Waals surface area (Å²) in [4.78, 5) is 12.1. The molecule has 0 aliphatic heterocycles. The highest BCUT2D eigenvalue weighted by Crippen LogP contribution is 2.27. The Morgan fingerprint density at radius 1 is 1.25 bits per heavy atom. The minimum Gasteiger partial charge on any atom is -0.506 e. The molecule has 1 amide bonds. The Morgan fingerprint density at radius 2 is 1.85 bits per heavy atom. The van der Waals surface area contributed by atoms with Crippen LogP contribution in [0.25, 0.3) is 0 Å². The highest BCUT2D eigenvalue weighted by Gasteiger charge is 2.26. The first kappa shape index (κ1) is 16.8. The molecule has 0 radical (unpaired) electrons. The molecule has 0 aromatic heterocycles. The van der Waals surface area contributed by atoms with E-state index >= 15 is 0 Å². The molecule has 0 saturated heterocycles. The van der Waals surface area contributed by atoms with Gasteiger partial charge in [0.15, 0.2) is 0 Å². The first-order valence-corrected chi connectivity index (χ1v) is 7.15. The van der Waals surface area contributed by atoms with E-state index in [1.54, 1.807) is 12.1 Å². The van der Waals surface area contributed by atoms with Gasteiger partial charge in [-0.25, -0.2) is 0 Å². The van der Waals surface area contributed by atoms with Crippen molar-refractivity contribution in [2.24, 2.45) is 5.41 Å². The van der Waals surface area contributed by atoms with Crippen molar-refractivity contribution in [3.8, 4) is 5.75 Å². The zero-order chi connectivity index (χ0) is 15.6. The second kappa shape index (κ2) is 6.04. The fourth-order valence-electron chi connectivity index (χ4n) is 2.64. The molecular weight excluding hydrogens is 274 g/mol. The molecule has 4 heteroatoms. The smallest absolute Gasteiger partial charge is 0.224 e. The largest absolute Gasteiger partial charge is 0.506 e. The molecule has 0 unspecified atom stereocenters. The molecule has 0 spiro atoms. The van der Waals surface area contributed by atoms with E-state index in [1.807, 2.05) is 13.8 Å². The highest BCUT2D eigenvalue weighted by molar-refractivity contribution is 6.32. The molecule has 1 aromatic carbocycles. The number of carbonyl (C=O) groups is 1. The minimum absolute atomic E-state index is 0.0314. The van der Waals surface area contributed by atoms with E-state index in [4.69, 9.17) is 11.6 Å². The minimum atomic E-state index is -0.254. The van der Waals surface area contributed by atoms with Crippen LogP contribution in [-0.4, -0.2) is 16.6 Å². The SMILES string of the molecule is CC(C)(C)CC(C)(C)NC(=O)Cc1ccc(O)c(Cl)c1. The average Bonchev–Trinajstić information content (AvgIpc) is 2.18. The summed E-state index contributed by atoms with van der Waals surface area (Å²) in [5, 5.41) is 12.7. The third-order valence-corrected chi connectivity index (χ3v) is 3.13. The first-order chi connectivity index (χ1) is 8.98. The summed E-state index contributed by atoms with van der Waals surface area (Å²) in [5.74, 6) is -0.00936. The molecule has 20 heavy (non-hydrogen) atoms. The lowest BCUT2D eigenvalue weighted by Gasteiger charge is -2.33. The van der Waals surface area contributed by atoms with Gasteiger partial charge in [-0.05, 0) is 43.4 Å². The van der Waals surface area contributed by atoms with Crippen LogP contribution in [0.2, 0.25) is 5.02 Å². The van der Waals surface area contributed by atoms with Crippen molar-refractivity contribution >= 4 is 17.5 Å². The number of aromatic hydroxyl groups is 1. The highest BCUT2D eigenvalue weighted by atomic mass is 35.5. The maximum atomic E-state index is 12.1. The normalized spacial score (nSPS) is 12.3.